The van der Waals surface area contributed by atoms with E-state index in [2.05, 4.69) is 19.1 Å². The van der Waals surface area contributed by atoms with Gasteiger partial charge in [-0.05, 0) is 81.8 Å². The van der Waals surface area contributed by atoms with Crippen molar-refractivity contribution in [3.05, 3.63) is 42.5 Å². The summed E-state index contributed by atoms with van der Waals surface area (Å²) >= 11 is 0. The first-order valence-electron chi connectivity index (χ1n) is 13.0. The van der Waals surface area contributed by atoms with Crippen molar-refractivity contribution in [2.75, 3.05) is 13.2 Å². The molecule has 0 amide bonds. The standard InChI is InChI=1S/C28H40O5/c1-21-19-26-25(13-7-2-3-8-14-27(29)33-26)24(21)17-16-23(32-28-15-9-10-18-30-28)20-31-22-11-5-4-6-12-22/h2,4-7,11-12,21,23-26,28H,3,8-10,13-20H2,1H3/b7-2-/t21-,23-,24+,25-,26+,28?/m1/s1. The number of allylic oxidation sites excluding steroid dienone is 2. The van der Waals surface area contributed by atoms with Gasteiger partial charge in [-0.15, -0.1) is 0 Å². The molecule has 1 aromatic rings. The van der Waals surface area contributed by atoms with Gasteiger partial charge in [0.25, 0.3) is 0 Å². The average molecular weight is 457 g/mol. The minimum Gasteiger partial charge on any atom is -0.491 e. The molecule has 2 fully saturated rings. The molecular formula is C28H40O5. The molecule has 3 aliphatic rings. The van der Waals surface area contributed by atoms with Gasteiger partial charge in [-0.2, -0.15) is 0 Å². The minimum absolute atomic E-state index is 0.0165. The van der Waals surface area contributed by atoms with Crippen LogP contribution in [0.2, 0.25) is 0 Å². The maximum atomic E-state index is 12.3. The first kappa shape index (κ1) is 24.3. The molecule has 33 heavy (non-hydrogen) atoms. The van der Waals surface area contributed by atoms with Gasteiger partial charge in [-0.1, -0.05) is 37.3 Å². The molecule has 4 rings (SSSR count). The fraction of sp³-hybridized carbons (Fsp3) is 0.679. The van der Waals surface area contributed by atoms with E-state index in [-0.39, 0.29) is 24.5 Å². The molecule has 5 nitrogen and oxygen atoms in total. The molecule has 0 bridgehead atoms. The highest BCUT2D eigenvalue weighted by Gasteiger charge is 2.42. The lowest BCUT2D eigenvalue weighted by Crippen LogP contribution is -2.32. The van der Waals surface area contributed by atoms with E-state index in [1.807, 2.05) is 30.3 Å². The number of esters is 1. The Morgan fingerprint density at radius 1 is 1.12 bits per heavy atom. The molecule has 6 atom stereocenters. The topological polar surface area (TPSA) is 54.0 Å². The zero-order valence-electron chi connectivity index (χ0n) is 20.0. The Morgan fingerprint density at radius 3 is 2.82 bits per heavy atom. The van der Waals surface area contributed by atoms with Crippen molar-refractivity contribution in [1.29, 1.82) is 0 Å². The summed E-state index contributed by atoms with van der Waals surface area (Å²) < 4.78 is 24.3. The molecule has 0 aromatic heterocycles. The van der Waals surface area contributed by atoms with Gasteiger partial charge >= 0.3 is 5.97 Å². The summed E-state index contributed by atoms with van der Waals surface area (Å²) in [5.74, 6) is 2.28. The van der Waals surface area contributed by atoms with Crippen molar-refractivity contribution < 1.29 is 23.7 Å². The largest absolute Gasteiger partial charge is 0.491 e. The highest BCUT2D eigenvalue weighted by molar-refractivity contribution is 5.69. The third-order valence-corrected chi connectivity index (χ3v) is 7.46. The summed E-state index contributed by atoms with van der Waals surface area (Å²) in [6.45, 7) is 3.61. The molecule has 182 valence electrons. The summed E-state index contributed by atoms with van der Waals surface area (Å²) in [5.41, 5.74) is 0. The lowest BCUT2D eigenvalue weighted by Gasteiger charge is -2.30. The van der Waals surface area contributed by atoms with Gasteiger partial charge in [0.1, 0.15) is 18.5 Å². The predicted molar refractivity (Wildman–Crippen MR) is 128 cm³/mol. The predicted octanol–water partition coefficient (Wildman–Crippen LogP) is 6.07. The van der Waals surface area contributed by atoms with E-state index in [4.69, 9.17) is 18.9 Å². The zero-order valence-corrected chi connectivity index (χ0v) is 20.0. The molecule has 1 aliphatic carbocycles. The van der Waals surface area contributed by atoms with E-state index >= 15 is 0 Å². The summed E-state index contributed by atoms with van der Waals surface area (Å²) in [6, 6.07) is 9.94. The van der Waals surface area contributed by atoms with Crippen LogP contribution < -0.4 is 4.74 Å². The highest BCUT2D eigenvalue weighted by Crippen LogP contribution is 2.44. The van der Waals surface area contributed by atoms with Crippen LogP contribution >= 0.6 is 0 Å². The van der Waals surface area contributed by atoms with E-state index < -0.39 is 0 Å². The number of benzene rings is 1. The number of fused-ring (bicyclic) bond motifs is 1. The third kappa shape index (κ3) is 7.31. The molecule has 0 radical (unpaired) electrons. The van der Waals surface area contributed by atoms with Crippen LogP contribution in [-0.4, -0.2) is 37.7 Å². The lowest BCUT2D eigenvalue weighted by molar-refractivity contribution is -0.195. The second kappa shape index (κ2) is 12.6. The van der Waals surface area contributed by atoms with Gasteiger partial charge in [-0.25, -0.2) is 0 Å². The molecule has 1 aromatic carbocycles. The third-order valence-electron chi connectivity index (χ3n) is 7.46. The summed E-state index contributed by atoms with van der Waals surface area (Å²) in [4.78, 5) is 12.3. The molecule has 1 saturated heterocycles. The number of hydrogen-bond acceptors (Lipinski definition) is 5. The SMILES string of the molecule is C[C@@H]1C[C@@H]2OC(=O)CCC/C=C\C[C@@H]2[C@H]1CC[C@H](COc1ccccc1)OC1CCCCO1. The number of ether oxygens (including phenoxy) is 4. The molecule has 1 saturated carbocycles. The van der Waals surface area contributed by atoms with Crippen molar-refractivity contribution in [1.82, 2.24) is 0 Å². The number of hydrogen-bond donors (Lipinski definition) is 0. The molecule has 2 aliphatic heterocycles. The second-order valence-corrected chi connectivity index (χ2v) is 9.92. The van der Waals surface area contributed by atoms with Crippen molar-refractivity contribution in [2.24, 2.45) is 17.8 Å². The summed E-state index contributed by atoms with van der Waals surface area (Å²) in [7, 11) is 0. The molecule has 2 heterocycles. The van der Waals surface area contributed by atoms with E-state index in [9.17, 15) is 4.79 Å². The van der Waals surface area contributed by atoms with Crippen LogP contribution in [0.1, 0.15) is 71.1 Å². The van der Waals surface area contributed by atoms with Crippen LogP contribution in [0.3, 0.4) is 0 Å². The first-order chi connectivity index (χ1) is 16.2. The quantitative estimate of drug-likeness (QED) is 0.351. The Balaban J connectivity index is 1.38. The molecule has 5 heteroatoms. The van der Waals surface area contributed by atoms with Gasteiger partial charge in [0.2, 0.25) is 0 Å². The molecule has 0 N–H and O–H groups in total. The molecule has 0 spiro atoms. The zero-order chi connectivity index (χ0) is 22.9. The first-order valence-corrected chi connectivity index (χ1v) is 13.0. The molecular weight excluding hydrogens is 416 g/mol. The van der Waals surface area contributed by atoms with Crippen molar-refractivity contribution in [2.45, 2.75) is 89.6 Å². The van der Waals surface area contributed by atoms with Crippen molar-refractivity contribution >= 4 is 5.97 Å². The Kier molecular flexibility index (Phi) is 9.25. The smallest absolute Gasteiger partial charge is 0.306 e. The van der Waals surface area contributed by atoms with E-state index in [0.29, 0.717) is 30.8 Å². The lowest BCUT2D eigenvalue weighted by atomic mass is 9.83. The minimum atomic E-state index is -0.130. The van der Waals surface area contributed by atoms with E-state index in [1.54, 1.807) is 0 Å². The fourth-order valence-corrected chi connectivity index (χ4v) is 5.65. The number of carbonyl (C=O) groups excluding carboxylic acids is 1. The number of rotatable bonds is 8. The number of carbonyl (C=O) groups is 1. The summed E-state index contributed by atoms with van der Waals surface area (Å²) in [5, 5.41) is 0. The van der Waals surface area contributed by atoms with Gasteiger partial charge in [0, 0.05) is 18.9 Å². The number of para-hydroxylation sites is 1. The van der Waals surface area contributed by atoms with Crippen LogP contribution in [0.5, 0.6) is 5.75 Å². The monoisotopic (exact) mass is 456 g/mol. The maximum Gasteiger partial charge on any atom is 0.306 e. The van der Waals surface area contributed by atoms with E-state index in [1.165, 1.54) is 0 Å². The maximum absolute atomic E-state index is 12.3. The van der Waals surface area contributed by atoms with Crippen LogP contribution in [-0.2, 0) is 19.0 Å². The van der Waals surface area contributed by atoms with Gasteiger partial charge in [0.05, 0.1) is 6.10 Å². The normalized spacial score (nSPS) is 32.4. The van der Waals surface area contributed by atoms with Crippen molar-refractivity contribution in [3.8, 4) is 5.75 Å². The van der Waals surface area contributed by atoms with Gasteiger partial charge in [0.15, 0.2) is 6.29 Å². The van der Waals surface area contributed by atoms with E-state index in [0.717, 1.165) is 70.1 Å². The Bertz CT molecular complexity index is 742. The average Bonchev–Trinajstić information content (AvgIpc) is 3.13. The summed E-state index contributed by atoms with van der Waals surface area (Å²) in [6.07, 6.45) is 14.0. The van der Waals surface area contributed by atoms with Crippen LogP contribution in [0.25, 0.3) is 0 Å². The Morgan fingerprint density at radius 2 is 2.00 bits per heavy atom. The second-order valence-electron chi connectivity index (χ2n) is 9.92. The van der Waals surface area contributed by atoms with Crippen LogP contribution in [0.4, 0.5) is 0 Å². The van der Waals surface area contributed by atoms with Crippen LogP contribution in [0, 0.1) is 17.8 Å². The highest BCUT2D eigenvalue weighted by atomic mass is 16.7. The Labute approximate surface area is 198 Å². The van der Waals surface area contributed by atoms with Crippen LogP contribution in [0.15, 0.2) is 42.5 Å². The van der Waals surface area contributed by atoms with Crippen molar-refractivity contribution in [3.63, 3.8) is 0 Å². The fourth-order valence-electron chi connectivity index (χ4n) is 5.65. The van der Waals surface area contributed by atoms with Gasteiger partial charge < -0.3 is 18.9 Å². The Hall–Kier alpha value is -1.85. The van der Waals surface area contributed by atoms with Gasteiger partial charge in [-0.3, -0.25) is 4.79 Å². The molecule has 1 unspecified atom stereocenters.